The van der Waals surface area contributed by atoms with Crippen molar-refractivity contribution >= 4 is 42.7 Å². The Morgan fingerprint density at radius 2 is 2.00 bits per heavy atom. The van der Waals surface area contributed by atoms with Crippen LogP contribution in [0.1, 0.15) is 22.8 Å². The van der Waals surface area contributed by atoms with Crippen LogP contribution in [0.25, 0.3) is 11.0 Å². The van der Waals surface area contributed by atoms with E-state index in [2.05, 4.69) is 28.9 Å². The molecule has 2 heterocycles. The predicted molar refractivity (Wildman–Crippen MR) is 158 cm³/mol. The molecule has 1 N–H and O–H groups in total. The molecule has 41 heavy (non-hydrogen) atoms. The first-order valence-electron chi connectivity index (χ1n) is 13.5. The highest BCUT2D eigenvalue weighted by molar-refractivity contribution is 6.68. The molecule has 1 unspecified atom stereocenters. The largest absolute Gasteiger partial charge is 0.536 e. The third-order valence-electron chi connectivity index (χ3n) is 7.89. The van der Waals surface area contributed by atoms with Crippen LogP contribution in [-0.4, -0.2) is 74.3 Å². The summed E-state index contributed by atoms with van der Waals surface area (Å²) in [6.45, 7) is 9.56. The summed E-state index contributed by atoms with van der Waals surface area (Å²) >= 11 is 0. The van der Waals surface area contributed by atoms with E-state index >= 15 is 0 Å². The number of quaternary nitrogens is 1. The lowest BCUT2D eigenvalue weighted by molar-refractivity contribution is -0.861. The molecule has 3 aromatic carbocycles. The fourth-order valence-electron chi connectivity index (χ4n) is 5.00. The highest BCUT2D eigenvalue weighted by Gasteiger charge is 2.41. The molecule has 1 saturated heterocycles. The number of aromatic nitrogens is 1. The van der Waals surface area contributed by atoms with Gasteiger partial charge in [0.05, 0.1) is 26.3 Å². The lowest BCUT2D eigenvalue weighted by Crippen LogP contribution is -2.66. The number of amides is 2. The number of halogens is 1. The number of piperazine rings is 1. The fourth-order valence-corrected chi connectivity index (χ4v) is 7.04. The summed E-state index contributed by atoms with van der Waals surface area (Å²) in [7, 11) is 0.216. The van der Waals surface area contributed by atoms with Crippen molar-refractivity contribution in [3.05, 3.63) is 96.5 Å². The summed E-state index contributed by atoms with van der Waals surface area (Å²) in [5.74, 6) is 0.0882. The van der Waals surface area contributed by atoms with Gasteiger partial charge in [-0.1, -0.05) is 23.9 Å². The molecular formula is C31H33FN4O4Si+. The summed E-state index contributed by atoms with van der Waals surface area (Å²) in [4.78, 5) is 27.7. The Balaban J connectivity index is 1.30. The van der Waals surface area contributed by atoms with Crippen molar-refractivity contribution in [2.75, 3.05) is 38.2 Å². The molecule has 1 radical (unpaired) electrons. The second-order valence-electron chi connectivity index (χ2n) is 10.7. The molecule has 2 atom stereocenters. The van der Waals surface area contributed by atoms with Gasteiger partial charge in [-0.2, -0.15) is 0 Å². The molecule has 1 aromatic heterocycles. The van der Waals surface area contributed by atoms with Crippen molar-refractivity contribution < 1.29 is 27.4 Å². The number of fused-ring (bicyclic) bond motifs is 1. The second-order valence-corrected chi connectivity index (χ2v) is 12.6. The number of benzene rings is 3. The molecule has 0 saturated carbocycles. The maximum Gasteiger partial charge on any atom is 0.338 e. The molecule has 1 aliphatic heterocycles. The van der Waals surface area contributed by atoms with Crippen molar-refractivity contribution in [3.63, 3.8) is 0 Å². The van der Waals surface area contributed by atoms with Crippen LogP contribution in [-0.2, 0) is 4.79 Å². The topological polar surface area (TPSA) is 84.7 Å². The summed E-state index contributed by atoms with van der Waals surface area (Å²) in [5, 5.41) is 8.31. The molecule has 4 aromatic rings. The number of rotatable bonds is 8. The Kier molecular flexibility index (Phi) is 8.16. The predicted octanol–water partition coefficient (Wildman–Crippen LogP) is 4.21. The van der Waals surface area contributed by atoms with Gasteiger partial charge in [0.2, 0.25) is 0 Å². The third kappa shape index (κ3) is 6.14. The van der Waals surface area contributed by atoms with Crippen molar-refractivity contribution in [2.24, 2.45) is 0 Å². The van der Waals surface area contributed by atoms with Gasteiger partial charge in [-0.25, -0.2) is 9.18 Å². The van der Waals surface area contributed by atoms with E-state index in [1.807, 2.05) is 19.2 Å². The smallest absolute Gasteiger partial charge is 0.338 e. The number of nitrogens with zero attached hydrogens (tertiary/aromatic N) is 3. The van der Waals surface area contributed by atoms with E-state index in [1.165, 1.54) is 6.08 Å². The minimum atomic E-state index is -1.74. The third-order valence-corrected chi connectivity index (χ3v) is 10.1. The summed E-state index contributed by atoms with van der Waals surface area (Å²) < 4.78 is 26.6. The standard InChI is InChI=1S/C31H32FN4O4Si/c1-5-30(37)36(4)15-14-35(19-22(36)3)20-41(27-13-6-21(2)28(32)17-27)40-26-11-8-23(9-12-26)31(38)34-25-10-7-24-18-33-39-29(24)16-25/h5-13,16-18,22H,1,14-15,19-20H2,2-4H3/p+1/t22-,36?/m1/s1. The van der Waals surface area contributed by atoms with E-state index in [0.717, 1.165) is 10.6 Å². The van der Waals surface area contributed by atoms with Crippen LogP contribution in [0.5, 0.6) is 5.75 Å². The lowest BCUT2D eigenvalue weighted by atomic mass is 10.1. The molecule has 1 fully saturated rings. The van der Waals surface area contributed by atoms with Crippen LogP contribution in [0.2, 0.25) is 0 Å². The summed E-state index contributed by atoms with van der Waals surface area (Å²) in [5.41, 5.74) is 2.24. The zero-order valence-electron chi connectivity index (χ0n) is 23.4. The number of anilines is 1. The first-order valence-corrected chi connectivity index (χ1v) is 15.1. The van der Waals surface area contributed by atoms with E-state index in [0.29, 0.717) is 58.4 Å². The Morgan fingerprint density at radius 3 is 2.71 bits per heavy atom. The van der Waals surface area contributed by atoms with Crippen molar-refractivity contribution in [2.45, 2.75) is 19.9 Å². The quantitative estimate of drug-likeness (QED) is 0.194. The first-order chi connectivity index (χ1) is 19.7. The van der Waals surface area contributed by atoms with Crippen LogP contribution in [0.3, 0.4) is 0 Å². The van der Waals surface area contributed by atoms with Gasteiger partial charge >= 0.3 is 14.9 Å². The summed E-state index contributed by atoms with van der Waals surface area (Å²) in [6, 6.07) is 17.6. The zero-order valence-corrected chi connectivity index (χ0v) is 24.4. The normalized spacial score (nSPS) is 19.3. The maximum atomic E-state index is 14.6. The van der Waals surface area contributed by atoms with Crippen LogP contribution < -0.4 is 14.9 Å². The molecule has 0 spiro atoms. The van der Waals surface area contributed by atoms with Crippen molar-refractivity contribution in [1.82, 2.24) is 10.1 Å². The van der Waals surface area contributed by atoms with Crippen LogP contribution >= 0.6 is 0 Å². The van der Waals surface area contributed by atoms with Crippen LogP contribution in [0.4, 0.5) is 10.1 Å². The van der Waals surface area contributed by atoms with Gasteiger partial charge in [-0.3, -0.25) is 14.2 Å². The fraction of sp³-hybridized carbons (Fsp3) is 0.258. The van der Waals surface area contributed by atoms with E-state index in [1.54, 1.807) is 61.7 Å². The van der Waals surface area contributed by atoms with Crippen molar-refractivity contribution in [1.29, 1.82) is 0 Å². The highest BCUT2D eigenvalue weighted by Crippen LogP contribution is 2.22. The van der Waals surface area contributed by atoms with Gasteiger partial charge in [0, 0.05) is 41.5 Å². The van der Waals surface area contributed by atoms with Gasteiger partial charge in [0.1, 0.15) is 17.6 Å². The molecule has 1 aliphatic rings. The Labute approximate surface area is 240 Å². The first kappa shape index (κ1) is 28.4. The molecule has 8 nitrogen and oxygen atoms in total. The number of carbonyl (C=O) groups is 2. The van der Waals surface area contributed by atoms with Gasteiger partial charge in [-0.05, 0) is 67.1 Å². The van der Waals surface area contributed by atoms with E-state index in [-0.39, 0.29) is 23.7 Å². The number of carbonyl (C=O) groups excluding carboxylic acids is 2. The zero-order chi connectivity index (χ0) is 29.1. The number of hydrogen-bond acceptors (Lipinski definition) is 6. The van der Waals surface area contributed by atoms with Crippen molar-refractivity contribution in [3.8, 4) is 5.75 Å². The monoisotopic (exact) mass is 572 g/mol. The number of aryl methyl sites for hydroxylation is 1. The number of likely N-dealkylation sites (N-methyl/N-ethyl adjacent to an activating group) is 1. The van der Waals surface area contributed by atoms with Crippen LogP contribution in [0, 0.1) is 12.7 Å². The van der Waals surface area contributed by atoms with E-state index in [4.69, 9.17) is 8.95 Å². The average Bonchev–Trinajstić information content (AvgIpc) is 3.44. The Bertz CT molecular complexity index is 1590. The maximum absolute atomic E-state index is 14.6. The van der Waals surface area contributed by atoms with E-state index < -0.39 is 9.04 Å². The van der Waals surface area contributed by atoms with Gasteiger partial charge < -0.3 is 14.3 Å². The van der Waals surface area contributed by atoms with Gasteiger partial charge in [-0.15, -0.1) is 0 Å². The minimum absolute atomic E-state index is 0.0159. The molecule has 5 rings (SSSR count). The average molecular weight is 573 g/mol. The number of hydrogen-bond donors (Lipinski definition) is 1. The Morgan fingerprint density at radius 1 is 1.22 bits per heavy atom. The molecular weight excluding hydrogens is 539 g/mol. The van der Waals surface area contributed by atoms with Crippen LogP contribution in [0.15, 0.2) is 84.0 Å². The van der Waals surface area contributed by atoms with Gasteiger partial charge in [0.15, 0.2) is 5.58 Å². The van der Waals surface area contributed by atoms with Gasteiger partial charge in [0.25, 0.3) is 5.91 Å². The molecule has 211 valence electrons. The summed E-state index contributed by atoms with van der Waals surface area (Å²) in [6.07, 6.45) is 3.64. The Hall–Kier alpha value is -4.12. The minimum Gasteiger partial charge on any atom is -0.536 e. The number of nitrogens with one attached hydrogen (secondary N) is 1. The van der Waals surface area contributed by atoms with E-state index in [9.17, 15) is 14.0 Å². The highest BCUT2D eigenvalue weighted by atomic mass is 28.3. The lowest BCUT2D eigenvalue weighted by Gasteiger charge is -2.44. The molecule has 10 heteroatoms. The SMILES string of the molecule is C=CC(=O)[N+]1(C)CCN(C[Si](Oc2ccc(C(=O)Nc3ccc4cnoc4c3)cc2)c2ccc(C)c(F)c2)C[C@H]1C. The molecule has 2 amide bonds. The molecule has 0 bridgehead atoms. The second kappa shape index (κ2) is 11.8. The molecule has 0 aliphatic carbocycles.